The van der Waals surface area contributed by atoms with E-state index in [4.69, 9.17) is 4.74 Å². The summed E-state index contributed by atoms with van der Waals surface area (Å²) >= 11 is 1.74. The van der Waals surface area contributed by atoms with E-state index in [0.29, 0.717) is 31.7 Å². The first-order valence-electron chi connectivity index (χ1n) is 14.9. The molecule has 234 valence electrons. The van der Waals surface area contributed by atoms with Crippen LogP contribution in [0.2, 0.25) is 0 Å². The molecule has 2 N–H and O–H groups in total. The molecule has 0 spiro atoms. The smallest absolute Gasteiger partial charge is 0.309 e. The molecule has 0 saturated heterocycles. The molecule has 1 amide bonds. The minimum atomic E-state index is -0.980. The number of rotatable bonds is 13. The van der Waals surface area contributed by atoms with Crippen molar-refractivity contribution in [2.24, 2.45) is 5.41 Å². The number of aliphatic carboxylic acids is 1. The molecule has 2 aromatic carbocycles. The number of ether oxygens (including phenoxy) is 1. The molecule has 8 nitrogen and oxygen atoms in total. The number of carbonyl (C=O) groups is 2. The lowest BCUT2D eigenvalue weighted by atomic mass is 9.88. The van der Waals surface area contributed by atoms with Crippen LogP contribution in [0, 0.1) is 5.41 Å². The third-order valence-corrected chi connectivity index (χ3v) is 8.47. The van der Waals surface area contributed by atoms with E-state index in [1.165, 1.54) is 0 Å². The molecule has 9 heteroatoms. The molecule has 0 aliphatic rings. The molecule has 4 rings (SSSR count). The number of nitrogens with one attached hydrogen (secondary N) is 1. The van der Waals surface area contributed by atoms with Gasteiger partial charge in [0.2, 0.25) is 0 Å². The van der Waals surface area contributed by atoms with Crippen LogP contribution >= 0.6 is 11.8 Å². The molecule has 0 fully saturated rings. The SMILES string of the molecule is CN(C)CCNC(=O)c1ccc(Cn2c(CC(C)(C)C(=O)O)c(SC(C)(C)C)c3cc(OCc4ccccn4)ccc32)cc1. The van der Waals surface area contributed by atoms with Crippen molar-refractivity contribution in [1.82, 2.24) is 19.8 Å². The first-order valence-corrected chi connectivity index (χ1v) is 15.7. The lowest BCUT2D eigenvalue weighted by Crippen LogP contribution is -2.31. The van der Waals surface area contributed by atoms with Gasteiger partial charge in [0, 0.05) is 64.1 Å². The van der Waals surface area contributed by atoms with Gasteiger partial charge in [0.15, 0.2) is 0 Å². The van der Waals surface area contributed by atoms with Crippen LogP contribution in [0.3, 0.4) is 0 Å². The summed E-state index contributed by atoms with van der Waals surface area (Å²) in [4.78, 5) is 32.4. The number of hydrogen-bond donors (Lipinski definition) is 2. The topological polar surface area (TPSA) is 96.7 Å². The Morgan fingerprint density at radius 1 is 1.02 bits per heavy atom. The van der Waals surface area contributed by atoms with Gasteiger partial charge in [0.1, 0.15) is 12.4 Å². The Morgan fingerprint density at radius 3 is 2.36 bits per heavy atom. The van der Waals surface area contributed by atoms with Gasteiger partial charge in [0.05, 0.1) is 11.1 Å². The maximum Gasteiger partial charge on any atom is 0.309 e. The largest absolute Gasteiger partial charge is 0.487 e. The van der Waals surface area contributed by atoms with Crippen molar-refractivity contribution in [1.29, 1.82) is 0 Å². The maximum atomic E-state index is 12.6. The molecule has 4 aromatic rings. The van der Waals surface area contributed by atoms with Crippen LogP contribution in [0.15, 0.2) is 71.8 Å². The zero-order valence-electron chi connectivity index (χ0n) is 26.8. The molecular weight excluding hydrogens is 572 g/mol. The van der Waals surface area contributed by atoms with E-state index in [1.807, 2.05) is 67.5 Å². The standard InChI is InChI=1S/C35H44N4O4S/c1-34(2,3)44-31-28-20-27(43-23-26-10-8-9-17-36-26)15-16-29(28)39(30(31)21-35(4,5)33(41)42)22-24-11-13-25(14-12-24)32(40)37-18-19-38(6)7/h8-17,20H,18-19,21-23H2,1-7H3,(H,37,40)(H,41,42). The Balaban J connectivity index is 1.74. The molecule has 2 aromatic heterocycles. The lowest BCUT2D eigenvalue weighted by Gasteiger charge is -2.24. The summed E-state index contributed by atoms with van der Waals surface area (Å²) in [6.07, 6.45) is 2.10. The number of amides is 1. The van der Waals surface area contributed by atoms with Crippen LogP contribution in [0.4, 0.5) is 0 Å². The van der Waals surface area contributed by atoms with Crippen molar-refractivity contribution in [3.05, 3.63) is 89.4 Å². The number of likely N-dealkylation sites (N-methyl/N-ethyl adjacent to an activating group) is 1. The van der Waals surface area contributed by atoms with E-state index in [9.17, 15) is 14.7 Å². The van der Waals surface area contributed by atoms with Crippen LogP contribution in [0.1, 0.15) is 61.9 Å². The van der Waals surface area contributed by atoms with Gasteiger partial charge in [-0.2, -0.15) is 0 Å². The number of carboxylic acids is 1. The van der Waals surface area contributed by atoms with Crippen molar-refractivity contribution >= 4 is 34.5 Å². The number of pyridine rings is 1. The van der Waals surface area contributed by atoms with Gasteiger partial charge >= 0.3 is 5.97 Å². The van der Waals surface area contributed by atoms with Gasteiger partial charge in [-0.15, -0.1) is 11.8 Å². The molecule has 0 aliphatic heterocycles. The van der Waals surface area contributed by atoms with Crippen molar-refractivity contribution in [3.63, 3.8) is 0 Å². The number of nitrogens with zero attached hydrogens (tertiary/aromatic N) is 3. The summed E-state index contributed by atoms with van der Waals surface area (Å²) in [5.41, 5.74) is 3.46. The number of aromatic nitrogens is 2. The zero-order chi connectivity index (χ0) is 32.1. The lowest BCUT2D eigenvalue weighted by molar-refractivity contribution is -0.146. The van der Waals surface area contributed by atoms with Crippen molar-refractivity contribution < 1.29 is 19.4 Å². The Morgan fingerprint density at radius 2 is 1.75 bits per heavy atom. The number of carboxylic acid groups (broad SMARTS) is 1. The monoisotopic (exact) mass is 616 g/mol. The Kier molecular flexibility index (Phi) is 10.4. The summed E-state index contributed by atoms with van der Waals surface area (Å²) < 4.78 is 8.26. The maximum absolute atomic E-state index is 12.6. The Hall–Kier alpha value is -3.82. The average molecular weight is 617 g/mol. The van der Waals surface area contributed by atoms with Gasteiger partial charge in [-0.1, -0.05) is 39.0 Å². The quantitative estimate of drug-likeness (QED) is 0.166. The second kappa shape index (κ2) is 13.9. The van der Waals surface area contributed by atoms with Crippen molar-refractivity contribution in [2.45, 2.75) is 63.8 Å². The van der Waals surface area contributed by atoms with E-state index in [1.54, 1.807) is 31.8 Å². The summed E-state index contributed by atoms with van der Waals surface area (Å²) in [6, 6.07) is 19.5. The summed E-state index contributed by atoms with van der Waals surface area (Å²) in [5, 5.41) is 14.1. The van der Waals surface area contributed by atoms with E-state index < -0.39 is 11.4 Å². The highest BCUT2D eigenvalue weighted by Gasteiger charge is 2.33. The highest BCUT2D eigenvalue weighted by molar-refractivity contribution is 8.00. The predicted octanol–water partition coefficient (Wildman–Crippen LogP) is 6.50. The zero-order valence-corrected chi connectivity index (χ0v) is 27.6. The number of thioether (sulfide) groups is 1. The summed E-state index contributed by atoms with van der Waals surface area (Å²) in [6.45, 7) is 12.3. The highest BCUT2D eigenvalue weighted by atomic mass is 32.2. The van der Waals surface area contributed by atoms with Crippen LogP contribution in [0.5, 0.6) is 5.75 Å². The van der Waals surface area contributed by atoms with Crippen LogP contribution in [-0.2, 0) is 24.4 Å². The molecule has 0 atom stereocenters. The fourth-order valence-electron chi connectivity index (χ4n) is 4.80. The molecule has 0 aliphatic carbocycles. The Labute approximate surface area is 264 Å². The minimum absolute atomic E-state index is 0.101. The number of carbonyl (C=O) groups excluding carboxylic acids is 1. The van der Waals surface area contributed by atoms with Gasteiger partial charge in [-0.25, -0.2) is 0 Å². The van der Waals surface area contributed by atoms with Crippen molar-refractivity contribution in [3.8, 4) is 5.75 Å². The fraction of sp³-hybridized carbons (Fsp3) is 0.400. The number of fused-ring (bicyclic) bond motifs is 1. The third-order valence-electron chi connectivity index (χ3n) is 7.20. The first kappa shape index (κ1) is 33.1. The van der Waals surface area contributed by atoms with Crippen molar-refractivity contribution in [2.75, 3.05) is 27.2 Å². The second-order valence-corrected chi connectivity index (χ2v) is 14.8. The van der Waals surface area contributed by atoms with E-state index in [-0.39, 0.29) is 10.7 Å². The third kappa shape index (κ3) is 8.64. The van der Waals surface area contributed by atoms with Crippen LogP contribution < -0.4 is 10.1 Å². The second-order valence-electron chi connectivity index (χ2n) is 13.0. The van der Waals surface area contributed by atoms with E-state index in [0.717, 1.165) is 45.0 Å². The molecular formula is C35H44N4O4S. The number of hydrogen-bond acceptors (Lipinski definition) is 6. The molecule has 0 unspecified atom stereocenters. The molecule has 0 radical (unpaired) electrons. The number of benzene rings is 2. The van der Waals surface area contributed by atoms with Gasteiger partial charge in [-0.3, -0.25) is 14.6 Å². The van der Waals surface area contributed by atoms with E-state index in [2.05, 4.69) is 47.8 Å². The Bertz CT molecular complexity index is 1590. The van der Waals surface area contributed by atoms with Crippen LogP contribution in [0.25, 0.3) is 10.9 Å². The predicted molar refractivity (Wildman–Crippen MR) is 178 cm³/mol. The average Bonchev–Trinajstić information content (AvgIpc) is 3.21. The van der Waals surface area contributed by atoms with E-state index >= 15 is 0 Å². The van der Waals surface area contributed by atoms with Gasteiger partial charge < -0.3 is 24.6 Å². The molecule has 2 heterocycles. The first-order chi connectivity index (χ1) is 20.7. The minimum Gasteiger partial charge on any atom is -0.487 e. The molecule has 44 heavy (non-hydrogen) atoms. The summed E-state index contributed by atoms with van der Waals surface area (Å²) in [7, 11) is 3.94. The normalized spacial score (nSPS) is 12.1. The summed E-state index contributed by atoms with van der Waals surface area (Å²) in [5.74, 6) is -0.217. The fourth-order valence-corrected chi connectivity index (χ4v) is 5.98. The molecule has 0 saturated carbocycles. The highest BCUT2D eigenvalue weighted by Crippen LogP contribution is 2.44. The van der Waals surface area contributed by atoms with Crippen LogP contribution in [-0.4, -0.2) is 63.4 Å². The molecule has 0 bridgehead atoms. The van der Waals surface area contributed by atoms with Gasteiger partial charge in [-0.05, 0) is 76.0 Å². The van der Waals surface area contributed by atoms with Gasteiger partial charge in [0.25, 0.3) is 5.91 Å².